The van der Waals surface area contributed by atoms with E-state index < -0.39 is 17.4 Å². The van der Waals surface area contributed by atoms with Crippen LogP contribution >= 0.6 is 0 Å². The minimum atomic E-state index is -1.26. The molecule has 36 heavy (non-hydrogen) atoms. The molecule has 2 aromatic carbocycles. The smallest absolute Gasteiger partial charge is 0.335 e. The van der Waals surface area contributed by atoms with Gasteiger partial charge in [0.2, 0.25) is 0 Å². The van der Waals surface area contributed by atoms with Gasteiger partial charge < -0.3 is 19.1 Å². The molecule has 0 amide bonds. The van der Waals surface area contributed by atoms with Crippen LogP contribution in [0, 0.1) is 11.6 Å². The van der Waals surface area contributed by atoms with Gasteiger partial charge >= 0.3 is 5.97 Å². The average Bonchev–Trinajstić information content (AvgIpc) is 3.49. The molecule has 2 N–H and O–H groups in total. The van der Waals surface area contributed by atoms with E-state index in [1.807, 2.05) is 10.6 Å². The molecule has 4 heterocycles. The Morgan fingerprint density at radius 1 is 1.17 bits per heavy atom. The molecule has 4 aromatic rings. The van der Waals surface area contributed by atoms with Crippen molar-refractivity contribution in [2.45, 2.75) is 50.0 Å². The fraction of sp³-hybridized carbons (Fsp3) is 0.407. The van der Waals surface area contributed by atoms with Gasteiger partial charge in [-0.05, 0) is 68.5 Å². The number of aliphatic carboxylic acids is 1. The monoisotopic (exact) mass is 495 g/mol. The van der Waals surface area contributed by atoms with E-state index in [1.165, 1.54) is 12.1 Å². The second-order valence-electron chi connectivity index (χ2n) is 10.00. The summed E-state index contributed by atoms with van der Waals surface area (Å²) in [5.41, 5.74) is 2.28. The van der Waals surface area contributed by atoms with Gasteiger partial charge in [0.05, 0.1) is 18.3 Å². The number of nitrogens with one attached hydrogen (secondary N) is 1. The SMILES string of the molecule is C[C@@]1(C(=O)O)CC[C@@H](c2c(C3CCOCC3)n(-c3ccc(F)cc3)c3cc4cn[nH]c4c(F)c23)CO1. The first-order valence-corrected chi connectivity index (χ1v) is 12.3. The van der Waals surface area contributed by atoms with Crippen LogP contribution in [0.3, 0.4) is 0 Å². The largest absolute Gasteiger partial charge is 0.479 e. The second-order valence-corrected chi connectivity index (χ2v) is 10.00. The summed E-state index contributed by atoms with van der Waals surface area (Å²) in [5.74, 6) is -1.84. The van der Waals surface area contributed by atoms with Gasteiger partial charge in [-0.15, -0.1) is 0 Å². The van der Waals surface area contributed by atoms with Crippen LogP contribution in [0.2, 0.25) is 0 Å². The number of benzene rings is 2. The summed E-state index contributed by atoms with van der Waals surface area (Å²) < 4.78 is 43.7. The zero-order valence-electron chi connectivity index (χ0n) is 19.9. The summed E-state index contributed by atoms with van der Waals surface area (Å²) in [4.78, 5) is 11.8. The van der Waals surface area contributed by atoms with Crippen LogP contribution < -0.4 is 0 Å². The number of aromatic nitrogens is 3. The summed E-state index contributed by atoms with van der Waals surface area (Å²) in [6.45, 7) is 2.95. The van der Waals surface area contributed by atoms with Crippen molar-refractivity contribution in [3.8, 4) is 5.69 Å². The Balaban J connectivity index is 1.64. The number of halogens is 2. The summed E-state index contributed by atoms with van der Waals surface area (Å²) >= 11 is 0. The van der Waals surface area contributed by atoms with Crippen molar-refractivity contribution >= 4 is 27.8 Å². The van der Waals surface area contributed by atoms with Crippen molar-refractivity contribution < 1.29 is 28.2 Å². The Labute approximate surface area is 206 Å². The highest BCUT2D eigenvalue weighted by atomic mass is 19.1. The Morgan fingerprint density at radius 2 is 1.92 bits per heavy atom. The third kappa shape index (κ3) is 3.60. The van der Waals surface area contributed by atoms with Gasteiger partial charge in [0.15, 0.2) is 11.4 Å². The summed E-state index contributed by atoms with van der Waals surface area (Å²) in [5, 5.41) is 17.6. The number of carbonyl (C=O) groups is 1. The number of ether oxygens (including phenoxy) is 2. The van der Waals surface area contributed by atoms with Crippen molar-refractivity contribution in [2.75, 3.05) is 19.8 Å². The van der Waals surface area contributed by atoms with Crippen molar-refractivity contribution in [1.29, 1.82) is 0 Å². The molecule has 2 aromatic heterocycles. The third-order valence-electron chi connectivity index (χ3n) is 7.81. The predicted octanol–water partition coefficient (Wildman–Crippen LogP) is 5.42. The number of nitrogens with zero attached hydrogens (tertiary/aromatic N) is 2. The number of hydrogen-bond acceptors (Lipinski definition) is 4. The summed E-state index contributed by atoms with van der Waals surface area (Å²) in [6.07, 6.45) is 3.99. The van der Waals surface area contributed by atoms with E-state index in [-0.39, 0.29) is 24.3 Å². The topological polar surface area (TPSA) is 89.4 Å². The van der Waals surface area contributed by atoms with E-state index in [1.54, 1.807) is 25.3 Å². The van der Waals surface area contributed by atoms with Crippen LogP contribution in [0.1, 0.15) is 55.7 Å². The highest BCUT2D eigenvalue weighted by molar-refractivity contribution is 6.00. The molecule has 0 saturated carbocycles. The van der Waals surface area contributed by atoms with Crippen LogP contribution in [0.4, 0.5) is 8.78 Å². The Hall–Kier alpha value is -3.30. The Bertz CT molecular complexity index is 1450. The van der Waals surface area contributed by atoms with Gasteiger partial charge in [-0.1, -0.05) is 0 Å². The quantitative estimate of drug-likeness (QED) is 0.395. The maximum absolute atomic E-state index is 16.2. The van der Waals surface area contributed by atoms with Gasteiger partial charge in [-0.25, -0.2) is 13.6 Å². The first-order chi connectivity index (χ1) is 17.4. The first-order valence-electron chi connectivity index (χ1n) is 12.3. The molecular weight excluding hydrogens is 468 g/mol. The van der Waals surface area contributed by atoms with E-state index in [0.29, 0.717) is 47.9 Å². The van der Waals surface area contributed by atoms with Crippen LogP contribution in [0.5, 0.6) is 0 Å². The van der Waals surface area contributed by atoms with E-state index in [0.717, 1.165) is 29.8 Å². The predicted molar refractivity (Wildman–Crippen MR) is 130 cm³/mol. The van der Waals surface area contributed by atoms with Gasteiger partial charge in [-0.2, -0.15) is 5.10 Å². The normalized spacial score (nSPS) is 23.5. The van der Waals surface area contributed by atoms with Gasteiger partial charge in [0.1, 0.15) is 11.3 Å². The molecular formula is C27H27F2N3O4. The van der Waals surface area contributed by atoms with E-state index in [4.69, 9.17) is 9.47 Å². The molecule has 0 unspecified atom stereocenters. The van der Waals surface area contributed by atoms with Crippen LogP contribution in [-0.2, 0) is 14.3 Å². The highest BCUT2D eigenvalue weighted by Crippen LogP contribution is 2.47. The lowest BCUT2D eigenvalue weighted by molar-refractivity contribution is -0.170. The average molecular weight is 496 g/mol. The molecule has 0 aliphatic carbocycles. The molecule has 2 fully saturated rings. The third-order valence-corrected chi connectivity index (χ3v) is 7.81. The molecule has 0 bridgehead atoms. The zero-order chi connectivity index (χ0) is 25.0. The molecule has 2 aliphatic rings. The lowest BCUT2D eigenvalue weighted by Crippen LogP contribution is -2.43. The standard InChI is InChI=1S/C27H27F2N3O4/c1-27(26(33)34)9-6-16(14-36-27)21-22-20(12-17-13-30-31-24(17)23(22)29)32(19-4-2-18(28)3-5-19)25(21)15-7-10-35-11-8-15/h2-5,12-13,15-16H,6-11,14H2,1H3,(H,30,31)(H,33,34)/t16-,27+/m1/s1. The fourth-order valence-corrected chi connectivity index (χ4v) is 5.79. The lowest BCUT2D eigenvalue weighted by Gasteiger charge is -2.35. The van der Waals surface area contributed by atoms with Crippen LogP contribution in [0.15, 0.2) is 36.5 Å². The number of H-pyrrole nitrogens is 1. The first kappa shape index (κ1) is 23.1. The molecule has 2 atom stereocenters. The van der Waals surface area contributed by atoms with Crippen molar-refractivity contribution in [3.05, 3.63) is 59.4 Å². The highest BCUT2D eigenvalue weighted by Gasteiger charge is 2.42. The summed E-state index contributed by atoms with van der Waals surface area (Å²) in [7, 11) is 0. The van der Waals surface area contributed by atoms with Gasteiger partial charge in [0.25, 0.3) is 0 Å². The Morgan fingerprint density at radius 3 is 2.58 bits per heavy atom. The number of rotatable bonds is 4. The Kier molecular flexibility index (Phi) is 5.57. The number of aromatic amines is 1. The number of hydrogen-bond donors (Lipinski definition) is 2. The van der Waals surface area contributed by atoms with Crippen molar-refractivity contribution in [2.24, 2.45) is 0 Å². The second kappa shape index (κ2) is 8.67. The van der Waals surface area contributed by atoms with E-state index in [9.17, 15) is 14.3 Å². The number of carboxylic acid groups (broad SMARTS) is 1. The van der Waals surface area contributed by atoms with Gasteiger partial charge in [0, 0.05) is 47.2 Å². The van der Waals surface area contributed by atoms with E-state index in [2.05, 4.69) is 10.2 Å². The molecule has 9 heteroatoms. The van der Waals surface area contributed by atoms with Gasteiger partial charge in [-0.3, -0.25) is 5.10 Å². The van der Waals surface area contributed by atoms with Crippen LogP contribution in [0.25, 0.3) is 27.5 Å². The molecule has 6 rings (SSSR count). The zero-order valence-corrected chi connectivity index (χ0v) is 19.9. The molecule has 188 valence electrons. The van der Waals surface area contributed by atoms with E-state index >= 15 is 4.39 Å². The minimum absolute atomic E-state index is 0.0925. The molecule has 2 aliphatic heterocycles. The van der Waals surface area contributed by atoms with Crippen molar-refractivity contribution in [3.63, 3.8) is 0 Å². The van der Waals surface area contributed by atoms with Crippen molar-refractivity contribution in [1.82, 2.24) is 14.8 Å². The fourth-order valence-electron chi connectivity index (χ4n) is 5.79. The lowest BCUT2D eigenvalue weighted by atomic mass is 9.81. The maximum Gasteiger partial charge on any atom is 0.335 e. The number of fused-ring (bicyclic) bond motifs is 2. The minimum Gasteiger partial charge on any atom is -0.479 e. The molecule has 7 nitrogen and oxygen atoms in total. The van der Waals surface area contributed by atoms with Crippen LogP contribution in [-0.4, -0.2) is 51.3 Å². The molecule has 0 spiro atoms. The maximum atomic E-state index is 16.2. The number of carboxylic acids is 1. The molecule has 2 saturated heterocycles. The molecule has 0 radical (unpaired) electrons. The summed E-state index contributed by atoms with van der Waals surface area (Å²) in [6, 6.07) is 8.14.